The predicted octanol–water partition coefficient (Wildman–Crippen LogP) is 7.11. The van der Waals surface area contributed by atoms with Crippen LogP contribution in [0, 0.1) is 13.8 Å². The van der Waals surface area contributed by atoms with Crippen molar-refractivity contribution in [2.24, 2.45) is 9.98 Å². The van der Waals surface area contributed by atoms with E-state index in [0.717, 1.165) is 43.7 Å². The van der Waals surface area contributed by atoms with E-state index in [1.807, 2.05) is 86.9 Å². The van der Waals surface area contributed by atoms with Crippen molar-refractivity contribution in [3.05, 3.63) is 93.0 Å². The molecule has 0 unspecified atom stereocenters. The largest absolute Gasteiger partial charge is 0.256 e. The van der Waals surface area contributed by atoms with Gasteiger partial charge in [0, 0.05) is 22.5 Å². The smallest absolute Gasteiger partial charge is 0.0644 e. The quantitative estimate of drug-likeness (QED) is 0.430. The molecule has 3 rings (SSSR count). The minimum Gasteiger partial charge on any atom is -0.256 e. The van der Waals surface area contributed by atoms with Crippen LogP contribution in [0.1, 0.15) is 22.3 Å². The normalized spacial score (nSPS) is 11.5. The lowest BCUT2D eigenvalue weighted by atomic mass is 10.1. The Morgan fingerprint density at radius 3 is 1.35 bits per heavy atom. The fraction of sp³-hybridized carbons (Fsp3) is 0.0909. The average molecular weight is 381 g/mol. The molecule has 0 atom stereocenters. The van der Waals surface area contributed by atoms with Gasteiger partial charge < -0.3 is 0 Å². The van der Waals surface area contributed by atoms with Crippen molar-refractivity contribution in [3.8, 4) is 0 Å². The molecule has 0 radical (unpaired) electrons. The van der Waals surface area contributed by atoms with Crippen LogP contribution in [0.3, 0.4) is 0 Å². The molecule has 0 spiro atoms. The summed E-state index contributed by atoms with van der Waals surface area (Å²) in [5.41, 5.74) is 5.78. The van der Waals surface area contributed by atoms with Gasteiger partial charge in [0.2, 0.25) is 0 Å². The first-order valence-electron chi connectivity index (χ1n) is 8.22. The van der Waals surface area contributed by atoms with Gasteiger partial charge in [0.25, 0.3) is 0 Å². The van der Waals surface area contributed by atoms with Crippen molar-refractivity contribution in [2.45, 2.75) is 13.8 Å². The highest BCUT2D eigenvalue weighted by Crippen LogP contribution is 2.23. The molecule has 0 N–H and O–H groups in total. The Bertz CT molecular complexity index is 893. The van der Waals surface area contributed by atoms with Crippen LogP contribution in [0.15, 0.2) is 70.6 Å². The van der Waals surface area contributed by atoms with Gasteiger partial charge in [-0.05, 0) is 60.4 Å². The van der Waals surface area contributed by atoms with Crippen LogP contribution in [0.4, 0.5) is 11.4 Å². The van der Waals surface area contributed by atoms with E-state index in [4.69, 9.17) is 23.2 Å². The lowest BCUT2D eigenvalue weighted by molar-refractivity contribution is 1.43. The molecule has 0 amide bonds. The van der Waals surface area contributed by atoms with E-state index >= 15 is 0 Å². The lowest BCUT2D eigenvalue weighted by Crippen LogP contribution is -1.84. The number of nitrogens with zero attached hydrogens (tertiary/aromatic N) is 2. The Morgan fingerprint density at radius 1 is 0.615 bits per heavy atom. The monoisotopic (exact) mass is 380 g/mol. The number of halogens is 2. The summed E-state index contributed by atoms with van der Waals surface area (Å²) >= 11 is 12.2. The summed E-state index contributed by atoms with van der Waals surface area (Å²) in [6, 6.07) is 19.6. The highest BCUT2D eigenvalue weighted by atomic mass is 35.5. The lowest BCUT2D eigenvalue weighted by Gasteiger charge is -2.00. The first-order chi connectivity index (χ1) is 12.5. The molecule has 3 aromatic rings. The maximum absolute atomic E-state index is 6.12. The first-order valence-corrected chi connectivity index (χ1v) is 8.97. The molecule has 0 aromatic heterocycles. The third kappa shape index (κ3) is 4.81. The molecule has 0 saturated carbocycles. The van der Waals surface area contributed by atoms with E-state index < -0.39 is 0 Å². The van der Waals surface area contributed by atoms with E-state index in [1.54, 1.807) is 0 Å². The molecule has 0 heterocycles. The maximum atomic E-state index is 6.12. The molecule has 0 aliphatic carbocycles. The van der Waals surface area contributed by atoms with Crippen molar-refractivity contribution in [1.82, 2.24) is 0 Å². The van der Waals surface area contributed by atoms with Crippen LogP contribution >= 0.6 is 23.2 Å². The molecule has 0 saturated heterocycles. The molecule has 4 heteroatoms. The minimum absolute atomic E-state index is 0.724. The molecule has 2 nitrogen and oxygen atoms in total. The average Bonchev–Trinajstić information content (AvgIpc) is 2.64. The van der Waals surface area contributed by atoms with Gasteiger partial charge in [-0.2, -0.15) is 0 Å². The molecule has 0 aliphatic rings. The summed E-state index contributed by atoms with van der Waals surface area (Å²) in [7, 11) is 0. The van der Waals surface area contributed by atoms with Gasteiger partial charge in [-0.15, -0.1) is 0 Å². The van der Waals surface area contributed by atoms with Crippen molar-refractivity contribution in [1.29, 1.82) is 0 Å². The second-order valence-electron chi connectivity index (χ2n) is 6.05. The molecule has 26 heavy (non-hydrogen) atoms. The fourth-order valence-corrected chi connectivity index (χ4v) is 2.64. The molecular formula is C22H18Cl2N2. The Kier molecular flexibility index (Phi) is 5.87. The van der Waals surface area contributed by atoms with E-state index in [9.17, 15) is 0 Å². The van der Waals surface area contributed by atoms with Gasteiger partial charge >= 0.3 is 0 Å². The SMILES string of the molecule is Cc1ccc(N=Cc2ccc(C=Nc3ccc(C)c(Cl)c3)cc2)cc1Cl. The zero-order chi connectivity index (χ0) is 18.5. The van der Waals surface area contributed by atoms with Crippen LogP contribution in [0.25, 0.3) is 0 Å². The van der Waals surface area contributed by atoms with Crippen LogP contribution in [-0.2, 0) is 0 Å². The highest BCUT2D eigenvalue weighted by molar-refractivity contribution is 6.31. The van der Waals surface area contributed by atoms with Crippen LogP contribution in [0.5, 0.6) is 0 Å². The van der Waals surface area contributed by atoms with Gasteiger partial charge in [-0.1, -0.05) is 59.6 Å². The van der Waals surface area contributed by atoms with Crippen molar-refractivity contribution in [3.63, 3.8) is 0 Å². The van der Waals surface area contributed by atoms with Crippen LogP contribution < -0.4 is 0 Å². The van der Waals surface area contributed by atoms with Gasteiger partial charge in [-0.3, -0.25) is 9.98 Å². The van der Waals surface area contributed by atoms with Gasteiger partial charge in [0.05, 0.1) is 11.4 Å². The number of hydrogen-bond donors (Lipinski definition) is 0. The summed E-state index contributed by atoms with van der Waals surface area (Å²) in [4.78, 5) is 8.92. The number of hydrogen-bond acceptors (Lipinski definition) is 2. The maximum Gasteiger partial charge on any atom is 0.0644 e. The standard InChI is InChI=1S/C22H18Cl2N2/c1-15-3-9-19(11-21(15)23)25-13-17-5-7-18(8-6-17)14-26-20-10-4-16(2)22(24)12-20/h3-14H,1-2H3. The first kappa shape index (κ1) is 18.4. The number of aryl methyl sites for hydroxylation is 2. The summed E-state index contributed by atoms with van der Waals surface area (Å²) in [5, 5.41) is 1.45. The number of rotatable bonds is 4. The molecule has 130 valence electrons. The molecule has 0 fully saturated rings. The van der Waals surface area contributed by atoms with Gasteiger partial charge in [0.1, 0.15) is 0 Å². The Hall–Kier alpha value is -2.42. The zero-order valence-corrected chi connectivity index (χ0v) is 16.1. The van der Waals surface area contributed by atoms with E-state index in [-0.39, 0.29) is 0 Å². The van der Waals surface area contributed by atoms with E-state index in [2.05, 4.69) is 9.98 Å². The Morgan fingerprint density at radius 2 is 1.00 bits per heavy atom. The van der Waals surface area contributed by atoms with E-state index in [1.165, 1.54) is 0 Å². The van der Waals surface area contributed by atoms with E-state index in [0.29, 0.717) is 0 Å². The number of benzene rings is 3. The molecule has 3 aromatic carbocycles. The topological polar surface area (TPSA) is 24.7 Å². The second-order valence-corrected chi connectivity index (χ2v) is 6.86. The summed E-state index contributed by atoms with van der Waals surface area (Å²) in [5.74, 6) is 0. The molecule has 0 aliphatic heterocycles. The van der Waals surface area contributed by atoms with Crippen LogP contribution in [0.2, 0.25) is 10.0 Å². The summed E-state index contributed by atoms with van der Waals surface area (Å²) < 4.78 is 0. The summed E-state index contributed by atoms with van der Waals surface area (Å²) in [6.07, 6.45) is 3.64. The number of aliphatic imine (C=N–C) groups is 2. The third-order valence-electron chi connectivity index (χ3n) is 3.97. The molecular weight excluding hydrogens is 363 g/mol. The van der Waals surface area contributed by atoms with Crippen LogP contribution in [-0.4, -0.2) is 12.4 Å². The molecule has 0 bridgehead atoms. The minimum atomic E-state index is 0.724. The van der Waals surface area contributed by atoms with Crippen molar-refractivity contribution in [2.75, 3.05) is 0 Å². The predicted molar refractivity (Wildman–Crippen MR) is 113 cm³/mol. The van der Waals surface area contributed by atoms with Gasteiger partial charge in [0.15, 0.2) is 0 Å². The fourth-order valence-electron chi connectivity index (χ4n) is 2.29. The Balaban J connectivity index is 1.69. The zero-order valence-electron chi connectivity index (χ0n) is 14.6. The van der Waals surface area contributed by atoms with Crippen molar-refractivity contribution >= 4 is 47.0 Å². The van der Waals surface area contributed by atoms with Crippen molar-refractivity contribution < 1.29 is 0 Å². The van der Waals surface area contributed by atoms with Gasteiger partial charge in [-0.25, -0.2) is 0 Å². The Labute approximate surface area is 163 Å². The highest BCUT2D eigenvalue weighted by Gasteiger charge is 1.97. The second kappa shape index (κ2) is 8.31. The third-order valence-corrected chi connectivity index (χ3v) is 4.79. The summed E-state index contributed by atoms with van der Waals surface area (Å²) in [6.45, 7) is 3.95.